The van der Waals surface area contributed by atoms with Crippen molar-refractivity contribution >= 4 is 22.5 Å². The Balaban J connectivity index is 1.49. The summed E-state index contributed by atoms with van der Waals surface area (Å²) in [5, 5.41) is 9.15. The third-order valence-electron chi connectivity index (χ3n) is 5.65. The number of aryl methyl sites for hydroxylation is 1. The number of anilines is 1. The Labute approximate surface area is 164 Å². The fourth-order valence-corrected chi connectivity index (χ4v) is 3.90. The molecular formula is C21H26N6O. The van der Waals surface area contributed by atoms with Gasteiger partial charge in [0.15, 0.2) is 0 Å². The molecule has 1 fully saturated rings. The zero-order valence-corrected chi connectivity index (χ0v) is 16.6. The maximum atomic E-state index is 12.7. The van der Waals surface area contributed by atoms with Crippen LogP contribution >= 0.6 is 0 Å². The van der Waals surface area contributed by atoms with Crippen LogP contribution in [-0.2, 0) is 11.8 Å². The van der Waals surface area contributed by atoms with E-state index >= 15 is 0 Å². The molecule has 0 radical (unpaired) electrons. The van der Waals surface area contributed by atoms with Crippen LogP contribution in [0.3, 0.4) is 0 Å². The van der Waals surface area contributed by atoms with Crippen LogP contribution in [0.1, 0.15) is 25.7 Å². The number of aromatic nitrogens is 4. The molecule has 3 aromatic heterocycles. The van der Waals surface area contributed by atoms with Crippen molar-refractivity contribution in [2.45, 2.75) is 31.7 Å². The molecule has 0 unspecified atom stereocenters. The summed E-state index contributed by atoms with van der Waals surface area (Å²) in [4.78, 5) is 23.8. The molecule has 1 amide bonds. The topological polar surface area (TPSA) is 75.9 Å². The lowest BCUT2D eigenvalue weighted by atomic mass is 9.85. The third-order valence-corrected chi connectivity index (χ3v) is 5.65. The Hall–Kier alpha value is -2.80. The Morgan fingerprint density at radius 1 is 1.07 bits per heavy atom. The summed E-state index contributed by atoms with van der Waals surface area (Å²) >= 11 is 0. The Morgan fingerprint density at radius 3 is 2.50 bits per heavy atom. The second-order valence-corrected chi connectivity index (χ2v) is 7.85. The van der Waals surface area contributed by atoms with E-state index in [-0.39, 0.29) is 11.8 Å². The summed E-state index contributed by atoms with van der Waals surface area (Å²) in [5.74, 6) is 0.734. The molecule has 1 aliphatic carbocycles. The Bertz CT molecular complexity index is 987. The predicted molar refractivity (Wildman–Crippen MR) is 110 cm³/mol. The first-order chi connectivity index (χ1) is 13.5. The van der Waals surface area contributed by atoms with E-state index in [1.165, 1.54) is 0 Å². The van der Waals surface area contributed by atoms with E-state index in [0.717, 1.165) is 47.7 Å². The fourth-order valence-electron chi connectivity index (χ4n) is 3.90. The molecule has 4 rings (SSSR count). The second-order valence-electron chi connectivity index (χ2n) is 7.85. The van der Waals surface area contributed by atoms with Crippen molar-refractivity contribution < 1.29 is 4.79 Å². The van der Waals surface area contributed by atoms with E-state index in [0.29, 0.717) is 11.9 Å². The van der Waals surface area contributed by atoms with E-state index in [1.54, 1.807) is 23.3 Å². The largest absolute Gasteiger partial charge is 0.310 e. The van der Waals surface area contributed by atoms with Crippen LogP contribution in [0.4, 0.5) is 5.82 Å². The maximum Gasteiger partial charge on any atom is 0.228 e. The van der Waals surface area contributed by atoms with Gasteiger partial charge in [-0.15, -0.1) is 0 Å². The number of pyridine rings is 2. The Morgan fingerprint density at radius 2 is 1.82 bits per heavy atom. The highest BCUT2D eigenvalue weighted by Crippen LogP contribution is 2.28. The zero-order valence-electron chi connectivity index (χ0n) is 16.6. The molecule has 0 atom stereocenters. The minimum Gasteiger partial charge on any atom is -0.310 e. The molecule has 1 saturated carbocycles. The van der Waals surface area contributed by atoms with E-state index in [2.05, 4.69) is 39.4 Å². The number of fused-ring (bicyclic) bond motifs is 1. The summed E-state index contributed by atoms with van der Waals surface area (Å²) in [6, 6.07) is 4.51. The molecule has 7 heteroatoms. The first-order valence-electron chi connectivity index (χ1n) is 9.72. The van der Waals surface area contributed by atoms with Crippen LogP contribution in [0.2, 0.25) is 0 Å². The SMILES string of the molecule is CN(C)C1CCC(C(=O)Nc2cc3cc(-c4cnn(C)c4)ncc3cn2)CC1. The van der Waals surface area contributed by atoms with Crippen LogP contribution in [0.15, 0.2) is 36.9 Å². The van der Waals surface area contributed by atoms with E-state index in [9.17, 15) is 4.79 Å². The van der Waals surface area contributed by atoms with Gasteiger partial charge in [-0.05, 0) is 57.3 Å². The average Bonchev–Trinajstić information content (AvgIpc) is 3.14. The molecule has 0 bridgehead atoms. The summed E-state index contributed by atoms with van der Waals surface area (Å²) in [6.45, 7) is 0. The fraction of sp³-hybridized carbons (Fsp3) is 0.429. The van der Waals surface area contributed by atoms with Crippen molar-refractivity contribution in [3.63, 3.8) is 0 Å². The number of nitrogens with one attached hydrogen (secondary N) is 1. The van der Waals surface area contributed by atoms with E-state index in [1.807, 2.05) is 25.4 Å². The van der Waals surface area contributed by atoms with Gasteiger partial charge in [-0.25, -0.2) is 4.98 Å². The average molecular weight is 378 g/mol. The predicted octanol–water partition coefficient (Wildman–Crippen LogP) is 3.09. The zero-order chi connectivity index (χ0) is 19.7. The van der Waals surface area contributed by atoms with Gasteiger partial charge in [0.25, 0.3) is 0 Å². The number of nitrogens with zero attached hydrogens (tertiary/aromatic N) is 5. The quantitative estimate of drug-likeness (QED) is 0.755. The van der Waals surface area contributed by atoms with E-state index in [4.69, 9.17) is 0 Å². The highest BCUT2D eigenvalue weighted by Gasteiger charge is 2.27. The molecule has 3 aromatic rings. The number of hydrogen-bond donors (Lipinski definition) is 1. The molecular weight excluding hydrogens is 352 g/mol. The van der Waals surface area contributed by atoms with Crippen LogP contribution < -0.4 is 5.32 Å². The highest BCUT2D eigenvalue weighted by molar-refractivity contribution is 5.94. The second kappa shape index (κ2) is 7.67. The van der Waals surface area contributed by atoms with Crippen molar-refractivity contribution in [2.75, 3.05) is 19.4 Å². The summed E-state index contributed by atoms with van der Waals surface area (Å²) < 4.78 is 1.75. The lowest BCUT2D eigenvalue weighted by Crippen LogP contribution is -2.35. The van der Waals surface area contributed by atoms with Crippen LogP contribution in [0, 0.1) is 5.92 Å². The van der Waals surface area contributed by atoms with Crippen molar-refractivity contribution in [3.8, 4) is 11.3 Å². The molecule has 1 aliphatic rings. The van der Waals surface area contributed by atoms with Gasteiger partial charge in [0.05, 0.1) is 11.9 Å². The van der Waals surface area contributed by atoms with Gasteiger partial charge >= 0.3 is 0 Å². The maximum absolute atomic E-state index is 12.7. The lowest BCUT2D eigenvalue weighted by molar-refractivity contribution is -0.121. The van der Waals surface area contributed by atoms with Crippen molar-refractivity contribution in [3.05, 3.63) is 36.9 Å². The molecule has 0 spiro atoms. The molecule has 0 aliphatic heterocycles. The molecule has 3 heterocycles. The van der Waals surface area contributed by atoms with Gasteiger partial charge in [0, 0.05) is 48.5 Å². The van der Waals surface area contributed by atoms with Crippen molar-refractivity contribution in [1.29, 1.82) is 0 Å². The van der Waals surface area contributed by atoms with Gasteiger partial charge in [-0.2, -0.15) is 5.10 Å². The minimum absolute atomic E-state index is 0.0668. The summed E-state index contributed by atoms with van der Waals surface area (Å²) in [6.07, 6.45) is 11.3. The molecule has 0 aromatic carbocycles. The molecule has 146 valence electrons. The van der Waals surface area contributed by atoms with Crippen molar-refractivity contribution in [1.82, 2.24) is 24.6 Å². The van der Waals surface area contributed by atoms with E-state index < -0.39 is 0 Å². The highest BCUT2D eigenvalue weighted by atomic mass is 16.1. The monoisotopic (exact) mass is 378 g/mol. The number of amides is 1. The summed E-state index contributed by atoms with van der Waals surface area (Å²) in [7, 11) is 6.10. The molecule has 1 N–H and O–H groups in total. The van der Waals surface area contributed by atoms with Gasteiger partial charge in [0.1, 0.15) is 5.82 Å². The number of rotatable bonds is 4. The minimum atomic E-state index is 0.0668. The number of hydrogen-bond acceptors (Lipinski definition) is 5. The number of carbonyl (C=O) groups is 1. The molecule has 7 nitrogen and oxygen atoms in total. The third kappa shape index (κ3) is 3.89. The standard InChI is InChI=1S/C21H26N6O/c1-26(2)18-6-4-14(5-7-18)21(28)25-20-9-15-8-19(17-12-24-27(3)13-17)22-10-16(15)11-23-20/h8-14,18H,4-7H2,1-3H3,(H,23,25,28). The van der Waals surface area contributed by atoms with Crippen LogP contribution in [0.25, 0.3) is 22.0 Å². The summed E-state index contributed by atoms with van der Waals surface area (Å²) in [5.41, 5.74) is 1.82. The first-order valence-corrected chi connectivity index (χ1v) is 9.72. The van der Waals surface area contributed by atoms with Gasteiger partial charge in [0.2, 0.25) is 5.91 Å². The van der Waals surface area contributed by atoms with Gasteiger partial charge in [-0.1, -0.05) is 0 Å². The van der Waals surface area contributed by atoms with Crippen LogP contribution in [-0.4, -0.2) is 50.7 Å². The molecule has 0 saturated heterocycles. The smallest absolute Gasteiger partial charge is 0.228 e. The lowest BCUT2D eigenvalue weighted by Gasteiger charge is -2.31. The van der Waals surface area contributed by atoms with Gasteiger partial charge in [-0.3, -0.25) is 14.5 Å². The van der Waals surface area contributed by atoms with Crippen LogP contribution in [0.5, 0.6) is 0 Å². The molecule has 28 heavy (non-hydrogen) atoms. The Kier molecular flexibility index (Phi) is 5.09. The number of carbonyl (C=O) groups excluding carboxylic acids is 1. The van der Waals surface area contributed by atoms with Gasteiger partial charge < -0.3 is 10.2 Å². The normalized spacial score (nSPS) is 19.9. The van der Waals surface area contributed by atoms with Crippen molar-refractivity contribution in [2.24, 2.45) is 13.0 Å². The first kappa shape index (κ1) is 18.6.